The van der Waals surface area contributed by atoms with E-state index >= 15 is 0 Å². The quantitative estimate of drug-likeness (QED) is 0.836. The minimum atomic E-state index is -1.12. The van der Waals surface area contributed by atoms with Crippen molar-refractivity contribution in [3.05, 3.63) is 48.0 Å². The zero-order valence-electron chi connectivity index (χ0n) is 9.26. The largest absolute Gasteiger partial charge is 0.367 e. The van der Waals surface area contributed by atoms with Gasteiger partial charge >= 0.3 is 0 Å². The van der Waals surface area contributed by atoms with Gasteiger partial charge in [-0.05, 0) is 18.1 Å². The van der Waals surface area contributed by atoms with Gasteiger partial charge in [0.25, 0.3) is 0 Å². The van der Waals surface area contributed by atoms with Gasteiger partial charge in [0.1, 0.15) is 0 Å². The first kappa shape index (κ1) is 10.9. The molecule has 1 unspecified atom stereocenters. The topological polar surface area (TPSA) is 40.5 Å². The van der Waals surface area contributed by atoms with Crippen molar-refractivity contribution in [1.29, 1.82) is 0 Å². The molecule has 1 aromatic carbocycles. The van der Waals surface area contributed by atoms with Crippen molar-refractivity contribution in [2.24, 2.45) is 0 Å². The smallest absolute Gasteiger partial charge is 0.249 e. The second-order valence-corrected chi connectivity index (χ2v) is 3.98. The summed E-state index contributed by atoms with van der Waals surface area (Å²) in [5, 5.41) is 10.2. The van der Waals surface area contributed by atoms with Crippen molar-refractivity contribution in [3.8, 4) is 0 Å². The number of hydrogen-bond donors (Lipinski definition) is 1. The van der Waals surface area contributed by atoms with Crippen LogP contribution in [-0.2, 0) is 11.3 Å². The van der Waals surface area contributed by atoms with E-state index in [1.165, 1.54) is 11.0 Å². The summed E-state index contributed by atoms with van der Waals surface area (Å²) in [6, 6.07) is 9.67. The fourth-order valence-electron chi connectivity index (χ4n) is 1.87. The first-order valence-corrected chi connectivity index (χ1v) is 5.43. The third kappa shape index (κ3) is 1.86. The average molecular weight is 217 g/mol. The molecule has 16 heavy (non-hydrogen) atoms. The summed E-state index contributed by atoms with van der Waals surface area (Å²) in [7, 11) is 0. The molecule has 1 aliphatic rings. The fourth-order valence-corrected chi connectivity index (χ4v) is 1.87. The molecule has 1 heterocycles. The van der Waals surface area contributed by atoms with Crippen LogP contribution in [0.1, 0.15) is 18.9 Å². The van der Waals surface area contributed by atoms with Gasteiger partial charge in [0.05, 0.1) is 0 Å². The van der Waals surface area contributed by atoms with E-state index in [2.05, 4.69) is 0 Å². The van der Waals surface area contributed by atoms with Crippen molar-refractivity contribution in [2.75, 3.05) is 0 Å². The highest BCUT2D eigenvalue weighted by Gasteiger charge is 2.37. The molecule has 1 amide bonds. The Morgan fingerprint density at radius 3 is 2.62 bits per heavy atom. The Hall–Kier alpha value is -1.61. The minimum Gasteiger partial charge on any atom is -0.367 e. The Bertz CT molecular complexity index is 413. The molecule has 1 N–H and O–H groups in total. The van der Waals surface area contributed by atoms with Gasteiger partial charge < -0.3 is 10.0 Å². The lowest BCUT2D eigenvalue weighted by atomic mass is 10.1. The van der Waals surface area contributed by atoms with E-state index in [-0.39, 0.29) is 5.91 Å². The highest BCUT2D eigenvalue weighted by atomic mass is 16.3. The van der Waals surface area contributed by atoms with E-state index in [1.807, 2.05) is 37.3 Å². The summed E-state index contributed by atoms with van der Waals surface area (Å²) >= 11 is 0. The molecule has 0 saturated heterocycles. The monoisotopic (exact) mass is 217 g/mol. The Labute approximate surface area is 95.0 Å². The molecule has 0 aliphatic carbocycles. The minimum absolute atomic E-state index is 0.131. The second-order valence-electron chi connectivity index (χ2n) is 3.98. The maximum atomic E-state index is 11.6. The molecule has 1 atom stereocenters. The van der Waals surface area contributed by atoms with Gasteiger partial charge in [-0.1, -0.05) is 37.3 Å². The molecule has 0 spiro atoms. The first-order chi connectivity index (χ1) is 7.65. The highest BCUT2D eigenvalue weighted by molar-refractivity contribution is 5.91. The number of rotatable bonds is 3. The van der Waals surface area contributed by atoms with Gasteiger partial charge in [-0.15, -0.1) is 0 Å². The zero-order valence-corrected chi connectivity index (χ0v) is 9.26. The van der Waals surface area contributed by atoms with Crippen LogP contribution < -0.4 is 0 Å². The molecule has 0 radical (unpaired) electrons. The molecule has 0 fully saturated rings. The summed E-state index contributed by atoms with van der Waals surface area (Å²) in [5.74, 6) is -0.131. The molecule has 3 heteroatoms. The Balaban J connectivity index is 2.18. The zero-order chi connectivity index (χ0) is 11.6. The van der Waals surface area contributed by atoms with Crippen LogP contribution >= 0.6 is 0 Å². The van der Waals surface area contributed by atoms with Gasteiger partial charge in [-0.25, -0.2) is 0 Å². The van der Waals surface area contributed by atoms with Crippen LogP contribution in [-0.4, -0.2) is 21.6 Å². The molecule has 0 aromatic heterocycles. The lowest BCUT2D eigenvalue weighted by molar-refractivity contribution is -0.143. The summed E-state index contributed by atoms with van der Waals surface area (Å²) in [6.07, 6.45) is 3.51. The number of hydrogen-bond acceptors (Lipinski definition) is 2. The van der Waals surface area contributed by atoms with Crippen molar-refractivity contribution in [2.45, 2.75) is 25.6 Å². The second kappa shape index (κ2) is 4.10. The van der Waals surface area contributed by atoms with Crippen LogP contribution in [0.3, 0.4) is 0 Å². The molecular weight excluding hydrogens is 202 g/mol. The number of aliphatic hydroxyl groups is 1. The van der Waals surface area contributed by atoms with Crippen LogP contribution in [0.15, 0.2) is 42.5 Å². The van der Waals surface area contributed by atoms with Gasteiger partial charge in [-0.3, -0.25) is 4.79 Å². The fraction of sp³-hybridized carbons (Fsp3) is 0.308. The van der Waals surface area contributed by atoms with E-state index in [4.69, 9.17) is 0 Å². The lowest BCUT2D eigenvalue weighted by Gasteiger charge is -2.32. The molecule has 1 aromatic rings. The molecular formula is C13H15NO2. The highest BCUT2D eigenvalue weighted by Crippen LogP contribution is 2.26. The number of carbonyl (C=O) groups excluding carboxylic acids is 1. The number of benzene rings is 1. The molecule has 0 saturated carbocycles. The van der Waals surface area contributed by atoms with Gasteiger partial charge in [-0.2, -0.15) is 0 Å². The summed E-state index contributed by atoms with van der Waals surface area (Å²) in [6.45, 7) is 2.30. The Kier molecular flexibility index (Phi) is 2.79. The molecule has 1 aliphatic heterocycles. The van der Waals surface area contributed by atoms with Gasteiger partial charge in [0, 0.05) is 12.6 Å². The standard InChI is InChI=1S/C13H15NO2/c1-2-13(16)9-8-12(15)14(13)10-11-6-4-3-5-7-11/h3-9,16H,2,10H2,1H3. The van der Waals surface area contributed by atoms with Crippen molar-refractivity contribution >= 4 is 5.91 Å². The molecule has 3 nitrogen and oxygen atoms in total. The van der Waals surface area contributed by atoms with Gasteiger partial charge in [0.2, 0.25) is 5.91 Å². The summed E-state index contributed by atoms with van der Waals surface area (Å²) in [5.41, 5.74) is -0.0983. The van der Waals surface area contributed by atoms with E-state index in [0.717, 1.165) is 5.56 Å². The van der Waals surface area contributed by atoms with Gasteiger partial charge in [0.15, 0.2) is 5.72 Å². The van der Waals surface area contributed by atoms with Crippen LogP contribution in [0.4, 0.5) is 0 Å². The third-order valence-electron chi connectivity index (χ3n) is 2.93. The van der Waals surface area contributed by atoms with Crippen molar-refractivity contribution < 1.29 is 9.90 Å². The van der Waals surface area contributed by atoms with Crippen LogP contribution in [0, 0.1) is 0 Å². The Morgan fingerprint density at radius 2 is 2.00 bits per heavy atom. The normalized spacial score (nSPS) is 24.1. The van der Waals surface area contributed by atoms with Crippen LogP contribution in [0.2, 0.25) is 0 Å². The maximum Gasteiger partial charge on any atom is 0.249 e. The lowest BCUT2D eigenvalue weighted by Crippen LogP contribution is -2.45. The maximum absolute atomic E-state index is 11.6. The van der Waals surface area contributed by atoms with Crippen LogP contribution in [0.5, 0.6) is 0 Å². The first-order valence-electron chi connectivity index (χ1n) is 5.43. The van der Waals surface area contributed by atoms with Crippen molar-refractivity contribution in [1.82, 2.24) is 4.90 Å². The molecule has 0 bridgehead atoms. The molecule has 2 rings (SSSR count). The predicted molar refractivity (Wildman–Crippen MR) is 61.4 cm³/mol. The number of carbonyl (C=O) groups is 1. The van der Waals surface area contributed by atoms with E-state index in [9.17, 15) is 9.90 Å². The summed E-state index contributed by atoms with van der Waals surface area (Å²) < 4.78 is 0. The molecule has 84 valence electrons. The van der Waals surface area contributed by atoms with E-state index in [1.54, 1.807) is 6.08 Å². The average Bonchev–Trinajstić information content (AvgIpc) is 2.60. The third-order valence-corrected chi connectivity index (χ3v) is 2.93. The predicted octanol–water partition coefficient (Wildman–Crippen LogP) is 1.68. The SMILES string of the molecule is CCC1(O)C=CC(=O)N1Cc1ccccc1. The van der Waals surface area contributed by atoms with Crippen LogP contribution in [0.25, 0.3) is 0 Å². The van der Waals surface area contributed by atoms with E-state index in [0.29, 0.717) is 13.0 Å². The Morgan fingerprint density at radius 1 is 1.31 bits per heavy atom. The number of nitrogens with zero attached hydrogens (tertiary/aromatic N) is 1. The number of amides is 1. The van der Waals surface area contributed by atoms with E-state index < -0.39 is 5.72 Å². The summed E-state index contributed by atoms with van der Waals surface area (Å²) in [4.78, 5) is 13.1. The van der Waals surface area contributed by atoms with Crippen molar-refractivity contribution in [3.63, 3.8) is 0 Å².